The molecule has 0 amide bonds. The molecule has 0 aliphatic rings. The van der Waals surface area contributed by atoms with Crippen molar-refractivity contribution in [3.8, 4) is 5.75 Å². The van der Waals surface area contributed by atoms with Crippen LogP contribution in [-0.4, -0.2) is 13.7 Å². The van der Waals surface area contributed by atoms with Gasteiger partial charge in [-0.25, -0.2) is 0 Å². The monoisotopic (exact) mass is 357 g/mol. The Bertz CT molecular complexity index is 571. The van der Waals surface area contributed by atoms with E-state index in [0.717, 1.165) is 34.5 Å². The highest BCUT2D eigenvalue weighted by Gasteiger charge is 2.20. The SMILES string of the molecule is CCCNC(c1ccc(OC)cc1Cl)c1ccoc1Br. The molecule has 1 atom stereocenters. The molecule has 0 saturated carbocycles. The highest BCUT2D eigenvalue weighted by molar-refractivity contribution is 9.10. The molecule has 1 heterocycles. The number of methoxy groups -OCH3 is 1. The van der Waals surface area contributed by atoms with Crippen LogP contribution in [0.4, 0.5) is 0 Å². The number of nitrogens with one attached hydrogen (secondary N) is 1. The van der Waals surface area contributed by atoms with E-state index in [4.69, 9.17) is 20.8 Å². The minimum Gasteiger partial charge on any atom is -0.497 e. The van der Waals surface area contributed by atoms with E-state index in [2.05, 4.69) is 28.2 Å². The third-order valence-electron chi connectivity index (χ3n) is 3.07. The van der Waals surface area contributed by atoms with Gasteiger partial charge in [0.15, 0.2) is 4.67 Å². The average molecular weight is 359 g/mol. The quantitative estimate of drug-likeness (QED) is 0.806. The first-order valence-corrected chi connectivity index (χ1v) is 7.64. The minimum atomic E-state index is -0.0125. The van der Waals surface area contributed by atoms with Gasteiger partial charge in [-0.15, -0.1) is 0 Å². The molecule has 0 saturated heterocycles. The molecule has 3 nitrogen and oxygen atoms in total. The van der Waals surface area contributed by atoms with E-state index in [9.17, 15) is 0 Å². The predicted octanol–water partition coefficient (Wildman–Crippen LogP) is 4.79. The van der Waals surface area contributed by atoms with E-state index < -0.39 is 0 Å². The van der Waals surface area contributed by atoms with E-state index in [-0.39, 0.29) is 6.04 Å². The summed E-state index contributed by atoms with van der Waals surface area (Å²) < 4.78 is 11.3. The Morgan fingerprint density at radius 1 is 1.35 bits per heavy atom. The Kier molecular flexibility index (Phi) is 5.52. The summed E-state index contributed by atoms with van der Waals surface area (Å²) in [6.45, 7) is 3.02. The number of hydrogen-bond donors (Lipinski definition) is 1. The molecule has 1 unspecified atom stereocenters. The van der Waals surface area contributed by atoms with E-state index >= 15 is 0 Å². The van der Waals surface area contributed by atoms with Crippen molar-refractivity contribution in [3.05, 3.63) is 51.3 Å². The van der Waals surface area contributed by atoms with Gasteiger partial charge >= 0.3 is 0 Å². The molecule has 0 aliphatic heterocycles. The van der Waals surface area contributed by atoms with Crippen molar-refractivity contribution < 1.29 is 9.15 Å². The van der Waals surface area contributed by atoms with Crippen molar-refractivity contribution in [2.75, 3.05) is 13.7 Å². The van der Waals surface area contributed by atoms with Crippen molar-refractivity contribution in [3.63, 3.8) is 0 Å². The van der Waals surface area contributed by atoms with E-state index in [1.807, 2.05) is 24.3 Å². The third kappa shape index (κ3) is 3.37. The lowest BCUT2D eigenvalue weighted by molar-refractivity contribution is 0.414. The van der Waals surface area contributed by atoms with E-state index in [0.29, 0.717) is 5.02 Å². The maximum Gasteiger partial charge on any atom is 0.174 e. The molecule has 0 fully saturated rings. The summed E-state index contributed by atoms with van der Waals surface area (Å²) in [5, 5.41) is 4.16. The van der Waals surface area contributed by atoms with Crippen LogP contribution in [-0.2, 0) is 0 Å². The van der Waals surface area contributed by atoms with Crippen LogP contribution in [0.1, 0.15) is 30.5 Å². The standard InChI is InChI=1S/C15H17BrClNO2/c1-3-7-18-14(12-6-8-20-15(12)16)11-5-4-10(19-2)9-13(11)17/h4-6,8-9,14,18H,3,7H2,1-2H3. The second-order valence-electron chi connectivity index (χ2n) is 4.42. The van der Waals surface area contributed by atoms with Gasteiger partial charge in [0.1, 0.15) is 5.75 Å². The lowest BCUT2D eigenvalue weighted by Gasteiger charge is -2.20. The van der Waals surface area contributed by atoms with Gasteiger partial charge in [0.2, 0.25) is 0 Å². The average Bonchev–Trinajstić information content (AvgIpc) is 2.87. The summed E-state index contributed by atoms with van der Waals surface area (Å²) in [6.07, 6.45) is 2.71. The fourth-order valence-corrected chi connectivity index (χ4v) is 2.80. The van der Waals surface area contributed by atoms with Crippen LogP contribution < -0.4 is 10.1 Å². The molecule has 0 aliphatic carbocycles. The number of halogens is 2. The molecule has 0 bridgehead atoms. The molecule has 1 aromatic carbocycles. The van der Waals surface area contributed by atoms with Crippen molar-refractivity contribution in [2.45, 2.75) is 19.4 Å². The molecular weight excluding hydrogens is 342 g/mol. The fourth-order valence-electron chi connectivity index (χ4n) is 2.06. The second-order valence-corrected chi connectivity index (χ2v) is 5.55. The van der Waals surface area contributed by atoms with Gasteiger partial charge in [-0.2, -0.15) is 0 Å². The van der Waals surface area contributed by atoms with Gasteiger partial charge in [-0.1, -0.05) is 24.6 Å². The van der Waals surface area contributed by atoms with Crippen LogP contribution in [0, 0.1) is 0 Å². The maximum absolute atomic E-state index is 6.39. The zero-order valence-corrected chi connectivity index (χ0v) is 13.8. The highest BCUT2D eigenvalue weighted by atomic mass is 79.9. The molecule has 20 heavy (non-hydrogen) atoms. The lowest BCUT2D eigenvalue weighted by atomic mass is 10.0. The predicted molar refractivity (Wildman–Crippen MR) is 84.5 cm³/mol. The van der Waals surface area contributed by atoms with Gasteiger partial charge < -0.3 is 14.5 Å². The Balaban J connectivity index is 2.38. The third-order valence-corrected chi connectivity index (χ3v) is 4.05. The second kappa shape index (κ2) is 7.16. The van der Waals surface area contributed by atoms with Gasteiger partial charge in [-0.05, 0) is 52.7 Å². The molecule has 0 radical (unpaired) electrons. The molecule has 2 aromatic rings. The Morgan fingerprint density at radius 2 is 2.15 bits per heavy atom. The van der Waals surface area contributed by atoms with Gasteiger partial charge in [-0.3, -0.25) is 0 Å². The number of furan rings is 1. The topological polar surface area (TPSA) is 34.4 Å². The van der Waals surface area contributed by atoms with Gasteiger partial charge in [0.25, 0.3) is 0 Å². The van der Waals surface area contributed by atoms with Gasteiger partial charge in [0, 0.05) is 10.6 Å². The molecule has 1 N–H and O–H groups in total. The maximum atomic E-state index is 6.39. The Morgan fingerprint density at radius 3 is 2.70 bits per heavy atom. The van der Waals surface area contributed by atoms with Crippen LogP contribution >= 0.6 is 27.5 Å². The van der Waals surface area contributed by atoms with Crippen molar-refractivity contribution in [1.29, 1.82) is 0 Å². The van der Waals surface area contributed by atoms with E-state index in [1.54, 1.807) is 13.4 Å². The molecule has 2 rings (SSSR count). The van der Waals surface area contributed by atoms with Crippen molar-refractivity contribution in [2.24, 2.45) is 0 Å². The smallest absolute Gasteiger partial charge is 0.174 e. The summed E-state index contributed by atoms with van der Waals surface area (Å²) in [5.74, 6) is 0.749. The lowest BCUT2D eigenvalue weighted by Crippen LogP contribution is -2.23. The first-order valence-electron chi connectivity index (χ1n) is 6.47. The van der Waals surface area contributed by atoms with E-state index in [1.165, 1.54) is 0 Å². The largest absolute Gasteiger partial charge is 0.497 e. The van der Waals surface area contributed by atoms with Crippen LogP contribution in [0.3, 0.4) is 0 Å². The zero-order chi connectivity index (χ0) is 14.5. The van der Waals surface area contributed by atoms with Crippen LogP contribution in [0.15, 0.2) is 39.6 Å². The first kappa shape index (κ1) is 15.4. The highest BCUT2D eigenvalue weighted by Crippen LogP contribution is 2.34. The summed E-state index contributed by atoms with van der Waals surface area (Å²) in [5.41, 5.74) is 2.04. The number of hydrogen-bond acceptors (Lipinski definition) is 3. The molecule has 108 valence electrons. The van der Waals surface area contributed by atoms with Crippen LogP contribution in [0.5, 0.6) is 5.75 Å². The summed E-state index contributed by atoms with van der Waals surface area (Å²) in [4.78, 5) is 0. The Labute approximate surface area is 132 Å². The molecule has 5 heteroatoms. The summed E-state index contributed by atoms with van der Waals surface area (Å²) in [7, 11) is 1.63. The van der Waals surface area contributed by atoms with Crippen molar-refractivity contribution >= 4 is 27.5 Å². The minimum absolute atomic E-state index is 0.0125. The number of ether oxygens (including phenoxy) is 1. The molecular formula is C15H17BrClNO2. The summed E-state index contributed by atoms with van der Waals surface area (Å²) in [6, 6.07) is 7.65. The fraction of sp³-hybridized carbons (Fsp3) is 0.333. The van der Waals surface area contributed by atoms with Crippen LogP contribution in [0.25, 0.3) is 0 Å². The summed E-state index contributed by atoms with van der Waals surface area (Å²) >= 11 is 9.82. The number of rotatable bonds is 6. The first-order chi connectivity index (χ1) is 9.67. The van der Waals surface area contributed by atoms with Crippen LogP contribution in [0.2, 0.25) is 5.02 Å². The van der Waals surface area contributed by atoms with Crippen molar-refractivity contribution in [1.82, 2.24) is 5.32 Å². The van der Waals surface area contributed by atoms with Gasteiger partial charge in [0.05, 0.1) is 19.4 Å². The molecule has 0 spiro atoms. The normalized spacial score (nSPS) is 12.4. The Hall–Kier alpha value is -0.970. The number of benzene rings is 1. The molecule has 1 aromatic heterocycles. The zero-order valence-electron chi connectivity index (χ0n) is 11.5.